The van der Waals surface area contributed by atoms with E-state index in [1.54, 1.807) is 6.92 Å². The number of para-hydroxylation sites is 1. The molecule has 26 heavy (non-hydrogen) atoms. The summed E-state index contributed by atoms with van der Waals surface area (Å²) in [7, 11) is 0. The third-order valence-electron chi connectivity index (χ3n) is 4.53. The second-order valence-electron chi connectivity index (χ2n) is 6.46. The van der Waals surface area contributed by atoms with Gasteiger partial charge in [0.15, 0.2) is 0 Å². The van der Waals surface area contributed by atoms with Gasteiger partial charge < -0.3 is 15.3 Å². The highest BCUT2D eigenvalue weighted by molar-refractivity contribution is 5.96. The van der Waals surface area contributed by atoms with Gasteiger partial charge >= 0.3 is 0 Å². The first kappa shape index (κ1) is 17.7. The number of nitrogens with zero attached hydrogens (tertiary/aromatic N) is 1. The predicted octanol–water partition coefficient (Wildman–Crippen LogP) is 4.41. The fourth-order valence-electron chi connectivity index (χ4n) is 3.12. The van der Waals surface area contributed by atoms with Crippen molar-refractivity contribution in [2.45, 2.75) is 27.3 Å². The van der Waals surface area contributed by atoms with E-state index in [9.17, 15) is 4.79 Å². The van der Waals surface area contributed by atoms with E-state index in [1.165, 1.54) is 0 Å². The Morgan fingerprint density at radius 2 is 1.69 bits per heavy atom. The summed E-state index contributed by atoms with van der Waals surface area (Å²) in [6, 6.07) is 19.7. The van der Waals surface area contributed by atoms with Gasteiger partial charge in [-0.25, -0.2) is 0 Å². The summed E-state index contributed by atoms with van der Waals surface area (Å²) < 4.78 is 2.09. The number of carbonyl (C=O) groups excluding carboxylic acids is 1. The maximum atomic E-state index is 12.7. The number of aryl methyl sites for hydroxylation is 1. The van der Waals surface area contributed by atoms with Crippen molar-refractivity contribution in [1.82, 2.24) is 9.88 Å². The number of aromatic nitrogens is 1. The van der Waals surface area contributed by atoms with Crippen molar-refractivity contribution < 1.29 is 4.79 Å². The molecule has 0 aliphatic rings. The van der Waals surface area contributed by atoms with Gasteiger partial charge in [0.25, 0.3) is 5.91 Å². The monoisotopic (exact) mass is 345 g/mol. The molecular weight excluding hydrogens is 322 g/mol. The van der Waals surface area contributed by atoms with E-state index in [0.29, 0.717) is 17.8 Å². The zero-order valence-corrected chi connectivity index (χ0v) is 15.3. The molecule has 4 nitrogen and oxygen atoms in total. The van der Waals surface area contributed by atoms with Crippen LogP contribution in [-0.4, -0.2) is 16.2 Å². The van der Waals surface area contributed by atoms with Gasteiger partial charge in [0, 0.05) is 29.3 Å². The minimum absolute atomic E-state index is 0.0763. The van der Waals surface area contributed by atoms with E-state index in [0.717, 1.165) is 28.2 Å². The van der Waals surface area contributed by atoms with Crippen LogP contribution in [0, 0.1) is 19.3 Å². The molecular formula is C22H23N3O. The third-order valence-corrected chi connectivity index (χ3v) is 4.53. The Kier molecular flexibility index (Phi) is 5.03. The lowest BCUT2D eigenvalue weighted by Gasteiger charge is -2.10. The molecule has 0 aliphatic carbocycles. The van der Waals surface area contributed by atoms with E-state index in [1.807, 2.05) is 74.5 Å². The van der Waals surface area contributed by atoms with Gasteiger partial charge in [-0.05, 0) is 50.1 Å². The first-order valence-corrected chi connectivity index (χ1v) is 8.64. The van der Waals surface area contributed by atoms with Crippen LogP contribution in [0.1, 0.15) is 39.8 Å². The molecule has 0 bridgehead atoms. The summed E-state index contributed by atoms with van der Waals surface area (Å²) in [6.45, 7) is 6.20. The fraction of sp³-hybridized carbons (Fsp3) is 0.182. The van der Waals surface area contributed by atoms with Crippen molar-refractivity contribution in [2.75, 3.05) is 0 Å². The number of rotatable bonds is 5. The molecule has 1 aromatic heterocycles. The molecule has 0 radical (unpaired) electrons. The highest BCUT2D eigenvalue weighted by Crippen LogP contribution is 2.20. The van der Waals surface area contributed by atoms with Gasteiger partial charge in [-0.3, -0.25) is 4.79 Å². The average Bonchev–Trinajstić information content (AvgIpc) is 2.95. The van der Waals surface area contributed by atoms with Crippen LogP contribution in [-0.2, 0) is 6.54 Å². The zero-order valence-electron chi connectivity index (χ0n) is 15.3. The normalized spacial score (nSPS) is 10.6. The first-order chi connectivity index (χ1) is 12.5. The minimum Gasteiger partial charge on any atom is -0.348 e. The summed E-state index contributed by atoms with van der Waals surface area (Å²) in [5.41, 5.74) is 6.16. The standard InChI is InChI=1S/C22H23N3O/c1-15-13-21(17(3)25(15)20-7-5-4-6-8-20)22(26)24-14-18-9-11-19(12-10-18)16(2)23/h4-13,23H,14H2,1-3H3,(H,24,26). The molecule has 2 N–H and O–H groups in total. The lowest BCUT2D eigenvalue weighted by Crippen LogP contribution is -2.23. The highest BCUT2D eigenvalue weighted by atomic mass is 16.1. The van der Waals surface area contributed by atoms with Crippen LogP contribution < -0.4 is 5.32 Å². The van der Waals surface area contributed by atoms with E-state index in [-0.39, 0.29) is 5.91 Å². The summed E-state index contributed by atoms with van der Waals surface area (Å²) in [5, 5.41) is 10.6. The number of carbonyl (C=O) groups is 1. The third kappa shape index (κ3) is 3.59. The quantitative estimate of drug-likeness (QED) is 0.661. The molecule has 0 saturated carbocycles. The van der Waals surface area contributed by atoms with E-state index < -0.39 is 0 Å². The van der Waals surface area contributed by atoms with Crippen molar-refractivity contribution in [3.63, 3.8) is 0 Å². The number of nitrogens with one attached hydrogen (secondary N) is 2. The molecule has 0 aliphatic heterocycles. The molecule has 132 valence electrons. The Bertz CT molecular complexity index is 938. The van der Waals surface area contributed by atoms with Crippen molar-refractivity contribution in [3.8, 4) is 5.69 Å². The molecule has 0 unspecified atom stereocenters. The van der Waals surface area contributed by atoms with Crippen LogP contribution in [0.15, 0.2) is 60.7 Å². The molecule has 3 aromatic rings. The van der Waals surface area contributed by atoms with Gasteiger partial charge in [-0.1, -0.05) is 42.5 Å². The van der Waals surface area contributed by atoms with E-state index >= 15 is 0 Å². The van der Waals surface area contributed by atoms with Crippen molar-refractivity contribution >= 4 is 11.6 Å². The molecule has 2 aromatic carbocycles. The Morgan fingerprint density at radius 1 is 1.04 bits per heavy atom. The Labute approximate surface area is 154 Å². The number of amides is 1. The Balaban J connectivity index is 1.75. The summed E-state index contributed by atoms with van der Waals surface area (Å²) in [6.07, 6.45) is 0. The van der Waals surface area contributed by atoms with Crippen molar-refractivity contribution in [3.05, 3.63) is 88.7 Å². The molecule has 0 atom stereocenters. The number of hydrogen-bond acceptors (Lipinski definition) is 2. The molecule has 0 saturated heterocycles. The number of hydrogen-bond donors (Lipinski definition) is 2. The molecule has 0 fully saturated rings. The largest absolute Gasteiger partial charge is 0.348 e. The first-order valence-electron chi connectivity index (χ1n) is 8.64. The molecule has 4 heteroatoms. The summed E-state index contributed by atoms with van der Waals surface area (Å²) >= 11 is 0. The van der Waals surface area contributed by atoms with Crippen LogP contribution >= 0.6 is 0 Å². The maximum absolute atomic E-state index is 12.7. The molecule has 1 heterocycles. The van der Waals surface area contributed by atoms with Crippen LogP contribution in [0.5, 0.6) is 0 Å². The molecule has 0 spiro atoms. The minimum atomic E-state index is -0.0763. The fourth-order valence-corrected chi connectivity index (χ4v) is 3.12. The second kappa shape index (κ2) is 7.40. The van der Waals surface area contributed by atoms with Crippen molar-refractivity contribution in [1.29, 1.82) is 5.41 Å². The van der Waals surface area contributed by atoms with Crippen LogP contribution in [0.25, 0.3) is 5.69 Å². The topological polar surface area (TPSA) is 57.9 Å². The predicted molar refractivity (Wildman–Crippen MR) is 105 cm³/mol. The molecule has 1 amide bonds. The van der Waals surface area contributed by atoms with Gasteiger partial charge in [-0.2, -0.15) is 0 Å². The highest BCUT2D eigenvalue weighted by Gasteiger charge is 2.16. The lowest BCUT2D eigenvalue weighted by atomic mass is 10.1. The van der Waals surface area contributed by atoms with E-state index in [2.05, 4.69) is 9.88 Å². The Hall–Kier alpha value is -3.14. The number of benzene rings is 2. The SMILES string of the molecule is CC(=N)c1ccc(CNC(=O)c2cc(C)n(-c3ccccc3)c2C)cc1. The maximum Gasteiger partial charge on any atom is 0.253 e. The average molecular weight is 345 g/mol. The smallest absolute Gasteiger partial charge is 0.253 e. The molecule has 3 rings (SSSR count). The summed E-state index contributed by atoms with van der Waals surface area (Å²) in [5.74, 6) is -0.0763. The van der Waals surface area contributed by atoms with Gasteiger partial charge in [-0.15, -0.1) is 0 Å². The van der Waals surface area contributed by atoms with Gasteiger partial charge in [0.1, 0.15) is 0 Å². The van der Waals surface area contributed by atoms with Gasteiger partial charge in [0.05, 0.1) is 5.56 Å². The van der Waals surface area contributed by atoms with Crippen molar-refractivity contribution in [2.24, 2.45) is 0 Å². The lowest BCUT2D eigenvalue weighted by molar-refractivity contribution is 0.0950. The van der Waals surface area contributed by atoms with Crippen LogP contribution in [0.3, 0.4) is 0 Å². The Morgan fingerprint density at radius 3 is 2.31 bits per heavy atom. The van der Waals surface area contributed by atoms with Crippen LogP contribution in [0.4, 0.5) is 0 Å². The zero-order chi connectivity index (χ0) is 18.7. The van der Waals surface area contributed by atoms with Gasteiger partial charge in [0.2, 0.25) is 0 Å². The summed E-state index contributed by atoms with van der Waals surface area (Å²) in [4.78, 5) is 12.7. The van der Waals surface area contributed by atoms with Crippen LogP contribution in [0.2, 0.25) is 0 Å². The second-order valence-corrected chi connectivity index (χ2v) is 6.46. The van der Waals surface area contributed by atoms with E-state index in [4.69, 9.17) is 5.41 Å².